The standard InChI is InChI=1S/C28H34F3N5O3/c29-28(30,31)27(10-2-11-27)18-35-13-8-19(9-14-35)17-39-26-33-15-22(16-34-26)20-4-6-21(7-5-20)25(38)36-12-1-3-23(36)24(32)37/h4-7,15-16,19,23H,1-3,8-14,17-18H2,(H2,32,37)/t23-/m0/s1. The molecule has 1 aromatic heterocycles. The number of piperidine rings is 1. The van der Waals surface area contributed by atoms with Crippen LogP contribution in [-0.2, 0) is 4.79 Å². The van der Waals surface area contributed by atoms with E-state index in [1.165, 1.54) is 4.90 Å². The minimum Gasteiger partial charge on any atom is -0.463 e. The lowest BCUT2D eigenvalue weighted by Gasteiger charge is -2.47. The average Bonchev–Trinajstić information content (AvgIpc) is 3.40. The SMILES string of the molecule is NC(=O)[C@@H]1CCCN1C(=O)c1ccc(-c2cnc(OCC3CCN(CC4(C(F)(F)F)CCC4)CC3)nc2)cc1. The van der Waals surface area contributed by atoms with E-state index in [0.29, 0.717) is 44.6 Å². The second-order valence-electron chi connectivity index (χ2n) is 11.1. The molecule has 1 aromatic carbocycles. The van der Waals surface area contributed by atoms with Gasteiger partial charge >= 0.3 is 12.2 Å². The number of rotatable bonds is 8. The van der Waals surface area contributed by atoms with Crippen LogP contribution >= 0.6 is 0 Å². The highest BCUT2D eigenvalue weighted by atomic mass is 19.4. The molecule has 5 rings (SSSR count). The molecular formula is C28H34F3N5O3. The zero-order chi connectivity index (χ0) is 27.6. The van der Waals surface area contributed by atoms with Gasteiger partial charge in [-0.15, -0.1) is 0 Å². The van der Waals surface area contributed by atoms with Gasteiger partial charge in [-0.2, -0.15) is 13.2 Å². The van der Waals surface area contributed by atoms with Crippen LogP contribution in [0.1, 0.15) is 55.3 Å². The van der Waals surface area contributed by atoms with Crippen molar-refractivity contribution in [3.05, 3.63) is 42.2 Å². The van der Waals surface area contributed by atoms with Gasteiger partial charge < -0.3 is 20.3 Å². The number of carbonyl (C=O) groups is 2. The van der Waals surface area contributed by atoms with Gasteiger partial charge in [0.25, 0.3) is 5.91 Å². The highest BCUT2D eigenvalue weighted by molar-refractivity contribution is 5.98. The van der Waals surface area contributed by atoms with E-state index in [0.717, 1.165) is 30.4 Å². The number of halogens is 3. The molecule has 2 amide bonds. The van der Waals surface area contributed by atoms with Gasteiger partial charge in [-0.1, -0.05) is 18.6 Å². The molecule has 0 unspecified atom stereocenters. The summed E-state index contributed by atoms with van der Waals surface area (Å²) in [6, 6.07) is 6.74. The summed E-state index contributed by atoms with van der Waals surface area (Å²) in [5, 5.41) is 0. The number of hydrogen-bond acceptors (Lipinski definition) is 6. The first-order valence-corrected chi connectivity index (χ1v) is 13.6. The maximum absolute atomic E-state index is 13.5. The minimum atomic E-state index is -4.13. The Morgan fingerprint density at radius 1 is 0.974 bits per heavy atom. The first-order chi connectivity index (χ1) is 18.6. The monoisotopic (exact) mass is 545 g/mol. The van der Waals surface area contributed by atoms with Crippen LogP contribution in [0.2, 0.25) is 0 Å². The van der Waals surface area contributed by atoms with Gasteiger partial charge in [0.2, 0.25) is 5.91 Å². The smallest absolute Gasteiger partial charge is 0.395 e. The van der Waals surface area contributed by atoms with Crippen molar-refractivity contribution < 1.29 is 27.5 Å². The van der Waals surface area contributed by atoms with E-state index in [-0.39, 0.29) is 37.2 Å². The van der Waals surface area contributed by atoms with Crippen LogP contribution in [0.25, 0.3) is 11.1 Å². The Morgan fingerprint density at radius 3 is 2.21 bits per heavy atom. The first kappa shape index (κ1) is 27.4. The third-order valence-corrected chi connectivity index (χ3v) is 8.53. The van der Waals surface area contributed by atoms with Crippen molar-refractivity contribution in [2.45, 2.75) is 57.2 Å². The molecule has 39 heavy (non-hydrogen) atoms. The highest BCUT2D eigenvalue weighted by Gasteiger charge is 2.58. The van der Waals surface area contributed by atoms with Crippen molar-refractivity contribution >= 4 is 11.8 Å². The molecule has 0 radical (unpaired) electrons. The summed E-state index contributed by atoms with van der Waals surface area (Å²) >= 11 is 0. The third kappa shape index (κ3) is 5.88. The highest BCUT2D eigenvalue weighted by Crippen LogP contribution is 2.53. The second kappa shape index (κ2) is 11.1. The number of nitrogens with zero attached hydrogens (tertiary/aromatic N) is 4. The number of ether oxygens (including phenoxy) is 1. The predicted octanol–water partition coefficient (Wildman–Crippen LogP) is 4.06. The van der Waals surface area contributed by atoms with Crippen LogP contribution in [0, 0.1) is 11.3 Å². The molecule has 3 aliphatic rings. The number of aromatic nitrogens is 2. The normalized spacial score (nSPS) is 21.9. The Labute approximate surface area is 225 Å². The third-order valence-electron chi connectivity index (χ3n) is 8.53. The molecular weight excluding hydrogens is 511 g/mol. The first-order valence-electron chi connectivity index (χ1n) is 13.6. The minimum absolute atomic E-state index is 0.107. The maximum atomic E-state index is 13.5. The fraction of sp³-hybridized carbons (Fsp3) is 0.571. The molecule has 0 spiro atoms. The lowest BCUT2D eigenvalue weighted by molar-refractivity contribution is -0.256. The lowest BCUT2D eigenvalue weighted by atomic mass is 9.67. The Kier molecular flexibility index (Phi) is 7.80. The number of carbonyl (C=O) groups excluding carboxylic acids is 2. The summed E-state index contributed by atoms with van der Waals surface area (Å²) in [6.45, 7) is 2.34. The summed E-state index contributed by atoms with van der Waals surface area (Å²) in [4.78, 5) is 36.5. The molecule has 210 valence electrons. The van der Waals surface area contributed by atoms with Gasteiger partial charge in [0.15, 0.2) is 0 Å². The van der Waals surface area contributed by atoms with Gasteiger partial charge in [0.1, 0.15) is 6.04 Å². The molecule has 1 atom stereocenters. The van der Waals surface area contributed by atoms with E-state index in [1.54, 1.807) is 24.5 Å². The summed E-state index contributed by atoms with van der Waals surface area (Å²) in [6.07, 6.45) is 3.24. The van der Waals surface area contributed by atoms with E-state index in [9.17, 15) is 22.8 Å². The Bertz CT molecular complexity index is 1160. The largest absolute Gasteiger partial charge is 0.463 e. The fourth-order valence-electron chi connectivity index (χ4n) is 5.88. The van der Waals surface area contributed by atoms with Crippen molar-refractivity contribution in [3.63, 3.8) is 0 Å². The van der Waals surface area contributed by atoms with Crippen molar-refractivity contribution in [3.8, 4) is 17.1 Å². The molecule has 2 N–H and O–H groups in total. The zero-order valence-electron chi connectivity index (χ0n) is 21.8. The number of amides is 2. The van der Waals surface area contributed by atoms with Crippen molar-refractivity contribution in [2.24, 2.45) is 17.1 Å². The quantitative estimate of drug-likeness (QED) is 0.537. The topological polar surface area (TPSA) is 102 Å². The zero-order valence-corrected chi connectivity index (χ0v) is 21.8. The van der Waals surface area contributed by atoms with Crippen LogP contribution in [-0.4, -0.2) is 76.6 Å². The van der Waals surface area contributed by atoms with Crippen molar-refractivity contribution in [2.75, 3.05) is 32.8 Å². The van der Waals surface area contributed by atoms with Crippen molar-refractivity contribution in [1.29, 1.82) is 0 Å². The summed E-state index contributed by atoms with van der Waals surface area (Å²) in [7, 11) is 0. The molecule has 3 heterocycles. The van der Waals surface area contributed by atoms with Crippen LogP contribution in [0.4, 0.5) is 13.2 Å². The molecule has 2 saturated heterocycles. The van der Waals surface area contributed by atoms with Crippen LogP contribution in [0.5, 0.6) is 6.01 Å². The molecule has 1 aliphatic carbocycles. The molecule has 2 aliphatic heterocycles. The van der Waals surface area contributed by atoms with E-state index >= 15 is 0 Å². The fourth-order valence-corrected chi connectivity index (χ4v) is 5.88. The Hall–Kier alpha value is -3.21. The molecule has 8 nitrogen and oxygen atoms in total. The van der Waals surface area contributed by atoms with Gasteiger partial charge in [-0.3, -0.25) is 9.59 Å². The summed E-state index contributed by atoms with van der Waals surface area (Å²) in [5.74, 6) is -0.440. The van der Waals surface area contributed by atoms with E-state index in [1.807, 2.05) is 17.0 Å². The number of hydrogen-bond donors (Lipinski definition) is 1. The van der Waals surface area contributed by atoms with E-state index < -0.39 is 23.5 Å². The van der Waals surface area contributed by atoms with E-state index in [4.69, 9.17) is 10.5 Å². The van der Waals surface area contributed by atoms with Gasteiger partial charge in [0, 0.05) is 36.6 Å². The van der Waals surface area contributed by atoms with Gasteiger partial charge in [-0.25, -0.2) is 9.97 Å². The number of nitrogens with two attached hydrogens (primary N) is 1. The Morgan fingerprint density at radius 2 is 1.64 bits per heavy atom. The number of likely N-dealkylation sites (tertiary alicyclic amines) is 2. The maximum Gasteiger partial charge on any atom is 0.395 e. The van der Waals surface area contributed by atoms with Gasteiger partial charge in [0.05, 0.1) is 12.0 Å². The van der Waals surface area contributed by atoms with Crippen molar-refractivity contribution in [1.82, 2.24) is 19.8 Å². The molecule has 0 bridgehead atoms. The molecule has 11 heteroatoms. The van der Waals surface area contributed by atoms with Gasteiger partial charge in [-0.05, 0) is 75.2 Å². The molecule has 3 fully saturated rings. The Balaban J connectivity index is 1.09. The summed E-state index contributed by atoms with van der Waals surface area (Å²) in [5.41, 5.74) is 6.01. The number of alkyl halides is 3. The molecule has 2 aromatic rings. The number of primary amides is 1. The van der Waals surface area contributed by atoms with E-state index in [2.05, 4.69) is 9.97 Å². The molecule has 1 saturated carbocycles. The predicted molar refractivity (Wildman–Crippen MR) is 138 cm³/mol. The second-order valence-corrected chi connectivity index (χ2v) is 11.1. The number of benzene rings is 1. The summed E-state index contributed by atoms with van der Waals surface area (Å²) < 4.78 is 46.3. The van der Waals surface area contributed by atoms with Crippen LogP contribution in [0.15, 0.2) is 36.7 Å². The van der Waals surface area contributed by atoms with Crippen LogP contribution < -0.4 is 10.5 Å². The van der Waals surface area contributed by atoms with Crippen LogP contribution in [0.3, 0.4) is 0 Å². The lowest BCUT2D eigenvalue weighted by Crippen LogP contribution is -2.53. The average molecular weight is 546 g/mol.